The van der Waals surface area contributed by atoms with E-state index in [1.54, 1.807) is 13.8 Å². The van der Waals surface area contributed by atoms with Gasteiger partial charge in [0, 0.05) is 18.8 Å². The van der Waals surface area contributed by atoms with Crippen molar-refractivity contribution in [3.05, 3.63) is 12.2 Å². The summed E-state index contributed by atoms with van der Waals surface area (Å²) >= 11 is 0. The third kappa shape index (κ3) is 11.6. The van der Waals surface area contributed by atoms with E-state index in [9.17, 15) is 81.7 Å². The van der Waals surface area contributed by atoms with Gasteiger partial charge in [-0.3, -0.25) is 0 Å². The van der Waals surface area contributed by atoms with Crippen LogP contribution in [0.3, 0.4) is 0 Å². The molecule has 4 saturated carbocycles. The molecule has 10 rings (SSSR count). The van der Waals surface area contributed by atoms with Gasteiger partial charge in [0.05, 0.1) is 56.4 Å². The van der Waals surface area contributed by atoms with Gasteiger partial charge < -0.3 is 134 Å². The topological polar surface area (TPSA) is 425 Å². The number of fused-ring (bicyclic) bond motifs is 7. The second-order valence-electron chi connectivity index (χ2n) is 26.7. The number of rotatable bonds is 16. The molecule has 0 aromatic rings. The van der Waals surface area contributed by atoms with E-state index in [-0.39, 0.29) is 66.5 Å². The highest BCUT2D eigenvalue weighted by Gasteiger charge is 2.70. The monoisotopic (exact) mass is 1210 g/mol. The standard InChI is InChI=1S/C57H94O27/c1-20(19-74-50-44(69)40(65)37(62)31(17-58)79-50)10-13-57(73)21(2)34-30(84-57)16-29-27-9-8-25-14-26(78-51-47(72)43(68)48(24(5)77-51)82-53-46(71)41(66)38(63)32(18-59)80-53)15-33(56(25,7)28(27)11-12-55(29,34)6)81-54-49(42(67)36(61)23(4)76-54)83-52-45(70)39(64)35(60)22(3)75-52/h21-54,58-73H,1,8-19H2,2-7H3/t21-,22+,23+,24+,25+,26+,27+,28-,29-,30-,31+,32+,33+,34-,35-,36+,37+,38+,39-,40-,41-,42-,43+,44+,45+,46-,47+,48-,49+,50+,51+,52-,53-,54+,55-,56-,57+/m0/s1. The van der Waals surface area contributed by atoms with Crippen molar-refractivity contribution in [2.45, 2.75) is 277 Å². The second-order valence-corrected chi connectivity index (χ2v) is 26.7. The molecule has 6 aliphatic heterocycles. The molecule has 6 heterocycles. The number of hydrogen-bond acceptors (Lipinski definition) is 27. The Balaban J connectivity index is 0.864. The predicted molar refractivity (Wildman–Crippen MR) is 281 cm³/mol. The van der Waals surface area contributed by atoms with E-state index in [4.69, 9.17) is 52.1 Å². The van der Waals surface area contributed by atoms with E-state index in [1.165, 1.54) is 6.92 Å². The van der Waals surface area contributed by atoms with Crippen molar-refractivity contribution < 1.29 is 134 Å². The highest BCUT2D eigenvalue weighted by molar-refractivity contribution is 5.17. The van der Waals surface area contributed by atoms with Crippen LogP contribution in [0.4, 0.5) is 0 Å². The molecule has 0 unspecified atom stereocenters. The molecule has 16 N–H and O–H groups in total. The van der Waals surface area contributed by atoms with Gasteiger partial charge in [-0.15, -0.1) is 0 Å². The van der Waals surface area contributed by atoms with Gasteiger partial charge in [-0.05, 0) is 106 Å². The zero-order chi connectivity index (χ0) is 61.0. The van der Waals surface area contributed by atoms with Crippen LogP contribution in [0.2, 0.25) is 0 Å². The third-order valence-corrected chi connectivity index (χ3v) is 21.9. The van der Waals surface area contributed by atoms with Crippen LogP contribution in [0.1, 0.15) is 99.3 Å². The Hall–Kier alpha value is -1.34. The normalized spacial score (nSPS) is 56.7. The fraction of sp³-hybridized carbons (Fsp3) is 0.965. The van der Waals surface area contributed by atoms with Crippen LogP contribution in [0.25, 0.3) is 0 Å². The first-order valence-corrected chi connectivity index (χ1v) is 30.2. The lowest BCUT2D eigenvalue weighted by atomic mass is 9.43. The van der Waals surface area contributed by atoms with Crippen molar-refractivity contribution in [2.75, 3.05) is 19.8 Å². The van der Waals surface area contributed by atoms with Crippen LogP contribution >= 0.6 is 0 Å². The summed E-state index contributed by atoms with van der Waals surface area (Å²) in [5, 5.41) is 173. The predicted octanol–water partition coefficient (Wildman–Crippen LogP) is -4.16. The van der Waals surface area contributed by atoms with Gasteiger partial charge in [-0.25, -0.2) is 0 Å². The maximum absolute atomic E-state index is 12.3. The fourth-order valence-electron chi connectivity index (χ4n) is 16.9. The summed E-state index contributed by atoms with van der Waals surface area (Å²) in [5.41, 5.74) is -0.344. The van der Waals surface area contributed by atoms with Gasteiger partial charge in [0.25, 0.3) is 0 Å². The Morgan fingerprint density at radius 2 is 1.05 bits per heavy atom. The molecule has 84 heavy (non-hydrogen) atoms. The Morgan fingerprint density at radius 3 is 1.69 bits per heavy atom. The van der Waals surface area contributed by atoms with Gasteiger partial charge in [-0.2, -0.15) is 0 Å². The zero-order valence-electron chi connectivity index (χ0n) is 48.5. The molecule has 4 aliphatic carbocycles. The molecule has 0 spiro atoms. The average Bonchev–Trinajstić information content (AvgIpc) is 1.99. The Labute approximate surface area is 487 Å². The van der Waals surface area contributed by atoms with Crippen molar-refractivity contribution in [1.82, 2.24) is 0 Å². The van der Waals surface area contributed by atoms with E-state index in [2.05, 4.69) is 20.4 Å². The lowest BCUT2D eigenvalue weighted by molar-refractivity contribution is -0.379. The van der Waals surface area contributed by atoms with Crippen molar-refractivity contribution in [3.8, 4) is 0 Å². The number of ether oxygens (including phenoxy) is 11. The molecule has 0 bridgehead atoms. The van der Waals surface area contributed by atoms with Gasteiger partial charge in [0.2, 0.25) is 0 Å². The Kier molecular flexibility index (Phi) is 19.8. The molecule has 10 fully saturated rings. The highest BCUT2D eigenvalue weighted by atomic mass is 16.8. The summed E-state index contributed by atoms with van der Waals surface area (Å²) in [6.45, 7) is 13.8. The quantitative estimate of drug-likeness (QED) is 0.0515. The highest BCUT2D eigenvalue weighted by Crippen LogP contribution is 2.71. The van der Waals surface area contributed by atoms with Crippen molar-refractivity contribution in [3.63, 3.8) is 0 Å². The molecule has 27 nitrogen and oxygen atoms in total. The lowest BCUT2D eigenvalue weighted by Gasteiger charge is -2.63. The summed E-state index contributed by atoms with van der Waals surface area (Å²) in [5.74, 6) is -1.58. The van der Waals surface area contributed by atoms with E-state index >= 15 is 0 Å². The second kappa shape index (κ2) is 25.4. The molecule has 10 aliphatic rings. The number of hydrogen-bond donors (Lipinski definition) is 16. The van der Waals surface area contributed by atoms with Gasteiger partial charge in [-0.1, -0.05) is 32.9 Å². The molecule has 0 amide bonds. The van der Waals surface area contributed by atoms with Gasteiger partial charge in [0.15, 0.2) is 37.2 Å². The molecule has 27 heteroatoms. The van der Waals surface area contributed by atoms with Crippen LogP contribution in [-0.2, 0) is 52.1 Å². The largest absolute Gasteiger partial charge is 0.394 e. The van der Waals surface area contributed by atoms with Crippen LogP contribution in [0, 0.1) is 46.3 Å². The molecule has 0 aromatic carbocycles. The van der Waals surface area contributed by atoms with Crippen LogP contribution in [0.5, 0.6) is 0 Å². The average molecular weight is 1210 g/mol. The minimum absolute atomic E-state index is 0.0154. The van der Waals surface area contributed by atoms with E-state index in [1.807, 2.05) is 6.92 Å². The van der Waals surface area contributed by atoms with Gasteiger partial charge >= 0.3 is 0 Å². The number of aliphatic hydroxyl groups is 16. The summed E-state index contributed by atoms with van der Waals surface area (Å²) in [4.78, 5) is 0. The molecule has 37 atom stereocenters. The lowest BCUT2D eigenvalue weighted by Crippen LogP contribution is -2.66. The third-order valence-electron chi connectivity index (χ3n) is 21.9. The molecule has 484 valence electrons. The Bertz CT molecular complexity index is 2220. The molecule has 0 radical (unpaired) electrons. The van der Waals surface area contributed by atoms with Crippen molar-refractivity contribution in [1.29, 1.82) is 0 Å². The zero-order valence-corrected chi connectivity index (χ0v) is 48.5. The minimum Gasteiger partial charge on any atom is -0.394 e. The maximum atomic E-state index is 12.3. The first-order chi connectivity index (χ1) is 39.6. The molecular formula is C57H94O27. The SMILES string of the molecule is C=C(CC[C@@]1(O)O[C@H]2C[C@H]3[C@@H]4CC[C@@H]5C[C@@H](O[C@H]6O[C@H](C)[C@H](O[C@@H]7O[C@H](CO)[C@@H](O)[C@H](O)[C@@H]7O)[C@H](O)[C@H]6O)C[C@@H](O[C@H]6O[C@H](C)[C@@H](O)[C@H](O)[C@H]6O[C@@H]6O[C@H](C)[C@H](O)[C@H](O)[C@H]6O)[C@]5(C)[C@H]4CC[C@]3(C)[C@H]2[C@@H]1C)CO[C@@H]1O[C@H](CO)[C@@H](O)[C@H](O)[C@H]1O. The fourth-order valence-corrected chi connectivity index (χ4v) is 16.9. The van der Waals surface area contributed by atoms with Gasteiger partial charge in [0.1, 0.15) is 104 Å². The van der Waals surface area contributed by atoms with Crippen molar-refractivity contribution >= 4 is 0 Å². The molecular weight excluding hydrogens is 1120 g/mol. The first kappa shape index (κ1) is 65.6. The number of aliphatic hydroxyl groups excluding tert-OH is 15. The van der Waals surface area contributed by atoms with Crippen LogP contribution in [-0.4, -0.2) is 279 Å². The molecule has 0 aromatic heterocycles. The smallest absolute Gasteiger partial charge is 0.187 e. The summed E-state index contributed by atoms with van der Waals surface area (Å²) in [6.07, 6.45) is -34.0. The summed E-state index contributed by atoms with van der Waals surface area (Å²) in [7, 11) is 0. The van der Waals surface area contributed by atoms with Crippen LogP contribution in [0.15, 0.2) is 12.2 Å². The van der Waals surface area contributed by atoms with E-state index < -0.39 is 190 Å². The molecule has 6 saturated heterocycles. The Morgan fingerprint density at radius 1 is 0.524 bits per heavy atom. The van der Waals surface area contributed by atoms with Crippen molar-refractivity contribution in [2.24, 2.45) is 46.3 Å². The summed E-state index contributed by atoms with van der Waals surface area (Å²) in [6, 6.07) is 0. The van der Waals surface area contributed by atoms with E-state index in [0.29, 0.717) is 31.3 Å². The summed E-state index contributed by atoms with van der Waals surface area (Å²) < 4.78 is 67.8. The van der Waals surface area contributed by atoms with Crippen LogP contribution < -0.4 is 0 Å². The minimum atomic E-state index is -1.79. The first-order valence-electron chi connectivity index (χ1n) is 30.2. The van der Waals surface area contributed by atoms with E-state index in [0.717, 1.165) is 19.3 Å². The maximum Gasteiger partial charge on any atom is 0.187 e.